The molecule has 3 aromatic rings. The molecule has 4 nitrogen and oxygen atoms in total. The van der Waals surface area contributed by atoms with E-state index in [1.165, 1.54) is 5.56 Å². The van der Waals surface area contributed by atoms with Gasteiger partial charge in [0.25, 0.3) is 0 Å². The Labute approximate surface area is 237 Å². The van der Waals surface area contributed by atoms with Crippen LogP contribution in [0.25, 0.3) is 0 Å². The minimum Gasteiger partial charge on any atom is -0.354 e. The second-order valence-corrected chi connectivity index (χ2v) is 11.3. The summed E-state index contributed by atoms with van der Waals surface area (Å²) >= 11 is 12.4. The Morgan fingerprint density at radius 1 is 0.816 bits per heavy atom. The number of carbonyl (C=O) groups is 2. The number of hydrogen-bond donors (Lipinski definition) is 1. The molecule has 0 aromatic heterocycles. The molecule has 0 radical (unpaired) electrons. The van der Waals surface area contributed by atoms with E-state index in [1.54, 1.807) is 17.0 Å². The molecule has 0 aliphatic heterocycles. The average molecular weight is 554 g/mol. The highest BCUT2D eigenvalue weighted by molar-refractivity contribution is 6.42. The molecule has 3 aromatic carbocycles. The normalized spacial score (nSPS) is 12.0. The van der Waals surface area contributed by atoms with E-state index in [9.17, 15) is 9.59 Å². The van der Waals surface area contributed by atoms with Crippen LogP contribution in [-0.2, 0) is 29.0 Å². The summed E-state index contributed by atoms with van der Waals surface area (Å²) in [5.74, 6) is 0.515. The van der Waals surface area contributed by atoms with Crippen LogP contribution in [0.2, 0.25) is 10.0 Å². The summed E-state index contributed by atoms with van der Waals surface area (Å²) in [4.78, 5) is 29.0. The van der Waals surface area contributed by atoms with Gasteiger partial charge >= 0.3 is 0 Å². The molecule has 202 valence electrons. The zero-order valence-electron chi connectivity index (χ0n) is 22.7. The lowest BCUT2D eigenvalue weighted by Crippen LogP contribution is -2.51. The van der Waals surface area contributed by atoms with Gasteiger partial charge in [0, 0.05) is 25.9 Å². The fourth-order valence-electron chi connectivity index (χ4n) is 4.28. The fraction of sp³-hybridized carbons (Fsp3) is 0.375. The van der Waals surface area contributed by atoms with Crippen molar-refractivity contribution in [3.05, 3.63) is 105 Å². The second kappa shape index (κ2) is 14.4. The first-order valence-corrected chi connectivity index (χ1v) is 14.0. The SMILES string of the molecule is CC(C)CNC(=O)C(Cc1ccccc1)N(Cc1ccc(Cl)c(Cl)c1)C(=O)CCc1ccc(C(C)C)cc1. The molecule has 0 aliphatic rings. The lowest BCUT2D eigenvalue weighted by molar-refractivity contribution is -0.141. The van der Waals surface area contributed by atoms with Crippen molar-refractivity contribution in [2.75, 3.05) is 6.54 Å². The smallest absolute Gasteiger partial charge is 0.243 e. The van der Waals surface area contributed by atoms with E-state index in [0.29, 0.717) is 47.7 Å². The van der Waals surface area contributed by atoms with Gasteiger partial charge in [-0.2, -0.15) is 0 Å². The Morgan fingerprint density at radius 3 is 2.08 bits per heavy atom. The summed E-state index contributed by atoms with van der Waals surface area (Å²) in [5.41, 5.74) is 4.18. The zero-order valence-corrected chi connectivity index (χ0v) is 24.2. The van der Waals surface area contributed by atoms with Gasteiger partial charge in [-0.3, -0.25) is 9.59 Å². The van der Waals surface area contributed by atoms with Gasteiger partial charge in [-0.15, -0.1) is 0 Å². The fourth-order valence-corrected chi connectivity index (χ4v) is 4.60. The number of rotatable bonds is 12. The third-order valence-electron chi connectivity index (χ3n) is 6.57. The van der Waals surface area contributed by atoms with Crippen LogP contribution in [-0.4, -0.2) is 29.3 Å². The largest absolute Gasteiger partial charge is 0.354 e. The summed E-state index contributed by atoms with van der Waals surface area (Å²) in [5, 5.41) is 3.93. The molecule has 0 saturated carbocycles. The van der Waals surface area contributed by atoms with Crippen molar-refractivity contribution in [1.29, 1.82) is 0 Å². The van der Waals surface area contributed by atoms with Crippen molar-refractivity contribution in [2.45, 2.75) is 65.5 Å². The molecule has 0 saturated heterocycles. The molecule has 2 amide bonds. The van der Waals surface area contributed by atoms with E-state index in [1.807, 2.05) is 36.4 Å². The number of hydrogen-bond acceptors (Lipinski definition) is 2. The molecule has 0 bridgehead atoms. The van der Waals surface area contributed by atoms with Gasteiger partial charge in [0.05, 0.1) is 10.0 Å². The first-order chi connectivity index (χ1) is 18.1. The molecule has 3 rings (SSSR count). The maximum Gasteiger partial charge on any atom is 0.243 e. The highest BCUT2D eigenvalue weighted by Crippen LogP contribution is 2.25. The van der Waals surface area contributed by atoms with Crippen molar-refractivity contribution in [3.63, 3.8) is 0 Å². The molecule has 38 heavy (non-hydrogen) atoms. The quantitative estimate of drug-likeness (QED) is 0.253. The molecule has 0 aliphatic carbocycles. The number of amides is 2. The van der Waals surface area contributed by atoms with Gasteiger partial charge in [0.15, 0.2) is 0 Å². The number of aryl methyl sites for hydroxylation is 1. The van der Waals surface area contributed by atoms with Gasteiger partial charge in [0.2, 0.25) is 11.8 Å². The highest BCUT2D eigenvalue weighted by atomic mass is 35.5. The van der Waals surface area contributed by atoms with Crippen LogP contribution in [0, 0.1) is 5.92 Å². The standard InChI is InChI=1S/C32H38Cl2N2O2/c1-22(2)20-35-32(38)30(19-25-8-6-5-7-9-25)36(21-26-12-16-28(33)29(34)18-26)31(37)17-13-24-10-14-27(15-11-24)23(3)4/h5-12,14-16,18,22-23,30H,13,17,19-21H2,1-4H3,(H,35,38). The monoisotopic (exact) mass is 552 g/mol. The Bertz CT molecular complexity index is 1190. The van der Waals surface area contributed by atoms with Gasteiger partial charge < -0.3 is 10.2 Å². The van der Waals surface area contributed by atoms with E-state index in [-0.39, 0.29) is 18.4 Å². The third kappa shape index (κ3) is 8.89. The first-order valence-electron chi connectivity index (χ1n) is 13.3. The van der Waals surface area contributed by atoms with Gasteiger partial charge in [-0.25, -0.2) is 0 Å². The highest BCUT2D eigenvalue weighted by Gasteiger charge is 2.30. The van der Waals surface area contributed by atoms with Crippen molar-refractivity contribution in [2.24, 2.45) is 5.92 Å². The number of halogens is 2. The van der Waals surface area contributed by atoms with E-state index in [2.05, 4.69) is 57.3 Å². The summed E-state index contributed by atoms with van der Waals surface area (Å²) in [6, 6.07) is 22.9. The molecule has 1 atom stereocenters. The van der Waals surface area contributed by atoms with Gasteiger partial charge in [-0.1, -0.05) is 112 Å². The van der Waals surface area contributed by atoms with Crippen LogP contribution in [0.4, 0.5) is 0 Å². The number of nitrogens with one attached hydrogen (secondary N) is 1. The van der Waals surface area contributed by atoms with Gasteiger partial charge in [0.1, 0.15) is 6.04 Å². The zero-order chi connectivity index (χ0) is 27.7. The minimum atomic E-state index is -0.665. The van der Waals surface area contributed by atoms with Gasteiger partial charge in [-0.05, 0) is 52.6 Å². The number of nitrogens with zero attached hydrogens (tertiary/aromatic N) is 1. The van der Waals surface area contributed by atoms with E-state index in [0.717, 1.165) is 16.7 Å². The maximum absolute atomic E-state index is 13.8. The Balaban J connectivity index is 1.89. The van der Waals surface area contributed by atoms with Crippen LogP contribution < -0.4 is 5.32 Å². The summed E-state index contributed by atoms with van der Waals surface area (Å²) in [7, 11) is 0. The van der Waals surface area contributed by atoms with Crippen molar-refractivity contribution in [3.8, 4) is 0 Å². The predicted octanol–water partition coefficient (Wildman–Crippen LogP) is 7.46. The van der Waals surface area contributed by atoms with E-state index >= 15 is 0 Å². The Morgan fingerprint density at radius 2 is 1.47 bits per heavy atom. The average Bonchev–Trinajstić information content (AvgIpc) is 2.90. The van der Waals surface area contributed by atoms with Crippen molar-refractivity contribution in [1.82, 2.24) is 10.2 Å². The lowest BCUT2D eigenvalue weighted by atomic mass is 9.99. The molecule has 1 N–H and O–H groups in total. The topological polar surface area (TPSA) is 49.4 Å². The molecule has 0 spiro atoms. The van der Waals surface area contributed by atoms with Crippen LogP contribution >= 0.6 is 23.2 Å². The molecular weight excluding hydrogens is 515 g/mol. The number of benzene rings is 3. The predicted molar refractivity (Wildman–Crippen MR) is 158 cm³/mol. The first kappa shape index (κ1) is 29.7. The third-order valence-corrected chi connectivity index (χ3v) is 7.31. The molecule has 6 heteroatoms. The summed E-state index contributed by atoms with van der Waals surface area (Å²) in [6.45, 7) is 9.23. The minimum absolute atomic E-state index is 0.0790. The maximum atomic E-state index is 13.8. The lowest BCUT2D eigenvalue weighted by Gasteiger charge is -2.32. The van der Waals surface area contributed by atoms with Crippen LogP contribution in [0.15, 0.2) is 72.8 Å². The number of carbonyl (C=O) groups excluding carboxylic acids is 2. The summed E-state index contributed by atoms with van der Waals surface area (Å²) < 4.78 is 0. The van der Waals surface area contributed by atoms with Crippen molar-refractivity contribution < 1.29 is 9.59 Å². The van der Waals surface area contributed by atoms with Crippen LogP contribution in [0.5, 0.6) is 0 Å². The van der Waals surface area contributed by atoms with E-state index < -0.39 is 6.04 Å². The van der Waals surface area contributed by atoms with Crippen molar-refractivity contribution >= 4 is 35.0 Å². The molecule has 0 heterocycles. The molecule has 1 unspecified atom stereocenters. The second-order valence-electron chi connectivity index (χ2n) is 10.5. The Hall–Kier alpha value is -2.82. The molecular formula is C32H38Cl2N2O2. The van der Waals surface area contributed by atoms with Crippen LogP contribution in [0.3, 0.4) is 0 Å². The Kier molecular flexibility index (Phi) is 11.2. The van der Waals surface area contributed by atoms with Crippen LogP contribution in [0.1, 0.15) is 62.3 Å². The molecule has 0 fully saturated rings. The summed E-state index contributed by atoms with van der Waals surface area (Å²) in [6.07, 6.45) is 1.31. The van der Waals surface area contributed by atoms with E-state index in [4.69, 9.17) is 23.2 Å².